The lowest BCUT2D eigenvalue weighted by atomic mass is 10.2. The number of furan rings is 1. The highest BCUT2D eigenvalue weighted by molar-refractivity contribution is 7.88. The summed E-state index contributed by atoms with van der Waals surface area (Å²) >= 11 is 5.75. The fraction of sp³-hybridized carbons (Fsp3) is 0.231. The van der Waals surface area contributed by atoms with Crippen molar-refractivity contribution in [3.8, 4) is 0 Å². The molecule has 0 fully saturated rings. The average molecular weight is 300 g/mol. The molecule has 1 aromatic carbocycles. The summed E-state index contributed by atoms with van der Waals surface area (Å²) in [6, 6.07) is 10.3. The number of sulfonamides is 1. The Morgan fingerprint density at radius 3 is 2.53 bits per heavy atom. The van der Waals surface area contributed by atoms with E-state index in [1.807, 2.05) is 6.07 Å². The van der Waals surface area contributed by atoms with Gasteiger partial charge in [0.25, 0.3) is 0 Å². The fourth-order valence-electron chi connectivity index (χ4n) is 1.64. The van der Waals surface area contributed by atoms with Gasteiger partial charge in [0.15, 0.2) is 0 Å². The number of rotatable bonds is 6. The van der Waals surface area contributed by atoms with Gasteiger partial charge in [-0.15, -0.1) is 0 Å². The topological polar surface area (TPSA) is 59.3 Å². The van der Waals surface area contributed by atoms with Gasteiger partial charge >= 0.3 is 0 Å². The van der Waals surface area contributed by atoms with E-state index in [0.29, 0.717) is 23.6 Å². The molecule has 1 heterocycles. The predicted octanol–water partition coefficient (Wildman–Crippen LogP) is 2.60. The lowest BCUT2D eigenvalue weighted by molar-refractivity contribution is 0.506. The minimum Gasteiger partial charge on any atom is -0.469 e. The molecule has 6 heteroatoms. The van der Waals surface area contributed by atoms with E-state index in [9.17, 15) is 8.42 Å². The van der Waals surface area contributed by atoms with E-state index in [1.54, 1.807) is 36.6 Å². The van der Waals surface area contributed by atoms with Crippen LogP contribution in [0.1, 0.15) is 11.3 Å². The quantitative estimate of drug-likeness (QED) is 0.892. The van der Waals surface area contributed by atoms with Crippen molar-refractivity contribution in [2.24, 2.45) is 0 Å². The number of halogens is 1. The molecular weight excluding hydrogens is 286 g/mol. The maximum absolute atomic E-state index is 11.8. The van der Waals surface area contributed by atoms with Gasteiger partial charge in [0.1, 0.15) is 5.76 Å². The Bertz CT molecular complexity index is 606. The van der Waals surface area contributed by atoms with E-state index >= 15 is 0 Å². The highest BCUT2D eigenvalue weighted by Gasteiger charge is 2.11. The van der Waals surface area contributed by atoms with E-state index in [-0.39, 0.29) is 5.75 Å². The van der Waals surface area contributed by atoms with E-state index in [1.165, 1.54) is 0 Å². The smallest absolute Gasteiger partial charge is 0.215 e. The van der Waals surface area contributed by atoms with Crippen molar-refractivity contribution in [1.82, 2.24) is 4.72 Å². The van der Waals surface area contributed by atoms with Gasteiger partial charge in [-0.1, -0.05) is 23.7 Å². The van der Waals surface area contributed by atoms with Gasteiger partial charge in [-0.3, -0.25) is 0 Å². The third kappa shape index (κ3) is 4.70. The Morgan fingerprint density at radius 2 is 1.89 bits per heavy atom. The van der Waals surface area contributed by atoms with Crippen LogP contribution in [0.2, 0.25) is 5.02 Å². The van der Waals surface area contributed by atoms with Gasteiger partial charge in [-0.05, 0) is 29.8 Å². The molecule has 0 aliphatic rings. The summed E-state index contributed by atoms with van der Waals surface area (Å²) in [6.07, 6.45) is 2.10. The van der Waals surface area contributed by atoms with Crippen LogP contribution in [0.15, 0.2) is 47.1 Å². The average Bonchev–Trinajstić information content (AvgIpc) is 2.85. The van der Waals surface area contributed by atoms with Gasteiger partial charge < -0.3 is 4.42 Å². The first-order chi connectivity index (χ1) is 9.05. The summed E-state index contributed by atoms with van der Waals surface area (Å²) in [5.41, 5.74) is 0.704. The van der Waals surface area contributed by atoms with Gasteiger partial charge in [-0.25, -0.2) is 13.1 Å². The molecule has 0 amide bonds. The SMILES string of the molecule is O=S(=O)(Cc1ccc(Cl)cc1)NCCc1ccco1. The molecule has 0 saturated heterocycles. The molecule has 102 valence electrons. The minimum absolute atomic E-state index is 0.0533. The number of hydrogen-bond donors (Lipinski definition) is 1. The molecule has 1 N–H and O–H groups in total. The number of nitrogens with one attached hydrogen (secondary N) is 1. The largest absolute Gasteiger partial charge is 0.469 e. The maximum Gasteiger partial charge on any atom is 0.215 e. The Hall–Kier alpha value is -1.30. The molecule has 0 spiro atoms. The summed E-state index contributed by atoms with van der Waals surface area (Å²) in [5, 5.41) is 0.590. The molecule has 0 radical (unpaired) electrons. The molecule has 1 aromatic heterocycles. The van der Waals surface area contributed by atoms with Crippen molar-refractivity contribution in [2.45, 2.75) is 12.2 Å². The Morgan fingerprint density at radius 1 is 1.16 bits per heavy atom. The van der Waals surface area contributed by atoms with Crippen molar-refractivity contribution >= 4 is 21.6 Å². The second-order valence-corrected chi connectivity index (χ2v) is 6.35. The van der Waals surface area contributed by atoms with Crippen LogP contribution in [-0.2, 0) is 22.2 Å². The summed E-state index contributed by atoms with van der Waals surface area (Å²) in [4.78, 5) is 0. The van der Waals surface area contributed by atoms with Crippen LogP contribution < -0.4 is 4.72 Å². The lowest BCUT2D eigenvalue weighted by Gasteiger charge is -2.06. The van der Waals surface area contributed by atoms with Crippen molar-refractivity contribution in [3.63, 3.8) is 0 Å². The van der Waals surface area contributed by atoms with Gasteiger partial charge in [0, 0.05) is 18.0 Å². The summed E-state index contributed by atoms with van der Waals surface area (Å²) in [5.74, 6) is 0.705. The summed E-state index contributed by atoms with van der Waals surface area (Å²) in [7, 11) is -3.34. The number of hydrogen-bond acceptors (Lipinski definition) is 3. The zero-order chi connectivity index (χ0) is 13.7. The van der Waals surface area contributed by atoms with Crippen LogP contribution in [-0.4, -0.2) is 15.0 Å². The first kappa shape index (κ1) is 14.1. The highest BCUT2D eigenvalue weighted by Crippen LogP contribution is 2.11. The van der Waals surface area contributed by atoms with E-state index in [2.05, 4.69) is 4.72 Å². The Labute approximate surface area is 117 Å². The summed E-state index contributed by atoms with van der Waals surface area (Å²) in [6.45, 7) is 0.323. The normalized spacial score (nSPS) is 11.6. The second kappa shape index (κ2) is 6.23. The zero-order valence-corrected chi connectivity index (χ0v) is 11.7. The van der Waals surface area contributed by atoms with Crippen LogP contribution in [0, 0.1) is 0 Å². The zero-order valence-electron chi connectivity index (χ0n) is 10.2. The van der Waals surface area contributed by atoms with Gasteiger partial charge in [-0.2, -0.15) is 0 Å². The van der Waals surface area contributed by atoms with E-state index < -0.39 is 10.0 Å². The molecular formula is C13H14ClNO3S. The Kier molecular flexibility index (Phi) is 4.63. The first-order valence-corrected chi connectivity index (χ1v) is 7.82. The van der Waals surface area contributed by atoms with Crippen LogP contribution in [0.5, 0.6) is 0 Å². The van der Waals surface area contributed by atoms with Crippen molar-refractivity contribution in [3.05, 3.63) is 59.0 Å². The highest BCUT2D eigenvalue weighted by atomic mass is 35.5. The monoisotopic (exact) mass is 299 g/mol. The van der Waals surface area contributed by atoms with Crippen LogP contribution >= 0.6 is 11.6 Å². The standard InChI is InChI=1S/C13H14ClNO3S/c14-12-5-3-11(4-6-12)10-19(16,17)15-8-7-13-2-1-9-18-13/h1-6,9,15H,7-8,10H2. The van der Waals surface area contributed by atoms with E-state index in [0.717, 1.165) is 5.76 Å². The molecule has 0 unspecified atom stereocenters. The molecule has 2 aromatic rings. The van der Waals surface area contributed by atoms with Crippen LogP contribution in [0.3, 0.4) is 0 Å². The first-order valence-electron chi connectivity index (χ1n) is 5.79. The minimum atomic E-state index is -3.34. The van der Waals surface area contributed by atoms with Crippen LogP contribution in [0.25, 0.3) is 0 Å². The summed E-state index contributed by atoms with van der Waals surface area (Å²) < 4.78 is 31.3. The van der Waals surface area contributed by atoms with Crippen molar-refractivity contribution < 1.29 is 12.8 Å². The molecule has 0 saturated carbocycles. The second-order valence-electron chi connectivity index (χ2n) is 4.11. The predicted molar refractivity (Wildman–Crippen MR) is 74.5 cm³/mol. The molecule has 4 nitrogen and oxygen atoms in total. The fourth-order valence-corrected chi connectivity index (χ4v) is 2.91. The molecule has 0 atom stereocenters. The lowest BCUT2D eigenvalue weighted by Crippen LogP contribution is -2.27. The molecule has 0 aliphatic heterocycles. The van der Waals surface area contributed by atoms with Crippen molar-refractivity contribution in [1.29, 1.82) is 0 Å². The third-order valence-electron chi connectivity index (χ3n) is 2.54. The van der Waals surface area contributed by atoms with Crippen LogP contribution in [0.4, 0.5) is 0 Å². The van der Waals surface area contributed by atoms with Gasteiger partial charge in [0.2, 0.25) is 10.0 Å². The molecule has 0 aliphatic carbocycles. The number of benzene rings is 1. The maximum atomic E-state index is 11.8. The molecule has 2 rings (SSSR count). The molecule has 0 bridgehead atoms. The molecule has 19 heavy (non-hydrogen) atoms. The third-order valence-corrected chi connectivity index (χ3v) is 4.15. The van der Waals surface area contributed by atoms with E-state index in [4.69, 9.17) is 16.0 Å². The Balaban J connectivity index is 1.86. The van der Waals surface area contributed by atoms with Crippen molar-refractivity contribution in [2.75, 3.05) is 6.54 Å². The van der Waals surface area contributed by atoms with Gasteiger partial charge in [0.05, 0.1) is 12.0 Å².